The summed E-state index contributed by atoms with van der Waals surface area (Å²) in [5.41, 5.74) is 7.51. The normalized spacial score (nSPS) is 16.2. The SMILES string of the molecule is C[C@@H](NC(=O)N1CCC(C(=O)C(N)=[NH+]c2ccc(F)c(Br)c2)CC1)c1ccccc1. The molecule has 1 aliphatic rings. The standard InChI is InChI=1S/C22H24BrFN4O2/c1-14(15-5-3-2-4-6-15)26-22(30)28-11-9-16(10-12-28)20(29)21(25)27-17-7-8-19(24)18(23)13-17/h2-8,13-14,16H,9-12H2,1H3,(H2,25,27)(H,26,30)/p+1/t14-/m1/s1. The van der Waals surface area contributed by atoms with Gasteiger partial charge in [0.25, 0.3) is 0 Å². The largest absolute Gasteiger partial charge is 0.331 e. The summed E-state index contributed by atoms with van der Waals surface area (Å²) < 4.78 is 13.6. The number of ketones is 1. The van der Waals surface area contributed by atoms with Crippen LogP contribution in [0.4, 0.5) is 14.9 Å². The summed E-state index contributed by atoms with van der Waals surface area (Å²) in [6.45, 7) is 2.91. The number of piperidine rings is 1. The average molecular weight is 476 g/mol. The van der Waals surface area contributed by atoms with Crippen molar-refractivity contribution in [3.05, 3.63) is 64.4 Å². The van der Waals surface area contributed by atoms with Gasteiger partial charge in [0.05, 0.1) is 10.5 Å². The van der Waals surface area contributed by atoms with E-state index in [-0.39, 0.29) is 34.1 Å². The summed E-state index contributed by atoms with van der Waals surface area (Å²) in [4.78, 5) is 29.8. The lowest BCUT2D eigenvalue weighted by Crippen LogP contribution is -2.72. The number of Topliss-reactive ketones (excluding diaryl/α,β-unsaturated/α-hetero) is 1. The van der Waals surface area contributed by atoms with Crippen LogP contribution in [0.2, 0.25) is 0 Å². The molecule has 0 bridgehead atoms. The van der Waals surface area contributed by atoms with Crippen molar-refractivity contribution in [1.29, 1.82) is 0 Å². The Morgan fingerprint density at radius 2 is 1.87 bits per heavy atom. The molecule has 0 aromatic heterocycles. The van der Waals surface area contributed by atoms with E-state index >= 15 is 0 Å². The van der Waals surface area contributed by atoms with Gasteiger partial charge in [-0.25, -0.2) is 14.2 Å². The predicted octanol–water partition coefficient (Wildman–Crippen LogP) is 2.41. The number of hydrogen-bond donors (Lipinski definition) is 3. The number of amidine groups is 1. The molecule has 1 aliphatic heterocycles. The molecule has 1 saturated heterocycles. The third kappa shape index (κ3) is 5.44. The van der Waals surface area contributed by atoms with Crippen LogP contribution in [0.5, 0.6) is 0 Å². The van der Waals surface area contributed by atoms with E-state index in [1.54, 1.807) is 4.90 Å². The molecule has 158 valence electrons. The highest BCUT2D eigenvalue weighted by Gasteiger charge is 2.31. The Kier molecular flexibility index (Phi) is 7.20. The zero-order valence-corrected chi connectivity index (χ0v) is 18.3. The third-order valence-corrected chi connectivity index (χ3v) is 5.86. The smallest absolute Gasteiger partial charge is 0.317 e. The minimum atomic E-state index is -0.391. The summed E-state index contributed by atoms with van der Waals surface area (Å²) >= 11 is 3.11. The quantitative estimate of drug-likeness (QED) is 0.458. The summed E-state index contributed by atoms with van der Waals surface area (Å²) in [5, 5.41) is 3.00. The maximum absolute atomic E-state index is 13.3. The number of urea groups is 1. The van der Waals surface area contributed by atoms with Gasteiger partial charge >= 0.3 is 11.9 Å². The first-order chi connectivity index (χ1) is 14.3. The van der Waals surface area contributed by atoms with Crippen LogP contribution in [0.15, 0.2) is 53.0 Å². The van der Waals surface area contributed by atoms with Crippen molar-refractivity contribution in [2.45, 2.75) is 25.8 Å². The van der Waals surface area contributed by atoms with Gasteiger partial charge in [-0.1, -0.05) is 30.3 Å². The second kappa shape index (κ2) is 9.84. The minimum absolute atomic E-state index is 0.0223. The Bertz CT molecular complexity index is 943. The number of likely N-dealkylation sites (tertiary alicyclic amines) is 1. The molecule has 8 heteroatoms. The molecule has 4 N–H and O–H groups in total. The third-order valence-electron chi connectivity index (χ3n) is 5.26. The van der Waals surface area contributed by atoms with Crippen molar-refractivity contribution in [3.63, 3.8) is 0 Å². The first kappa shape index (κ1) is 22.0. The lowest BCUT2D eigenvalue weighted by atomic mass is 9.92. The first-order valence-electron chi connectivity index (χ1n) is 9.84. The van der Waals surface area contributed by atoms with Crippen molar-refractivity contribution in [1.82, 2.24) is 10.2 Å². The van der Waals surface area contributed by atoms with Gasteiger partial charge in [0, 0.05) is 25.1 Å². The topological polar surface area (TPSA) is 89.4 Å². The summed E-state index contributed by atoms with van der Waals surface area (Å²) in [5.74, 6) is -0.808. The Hall–Kier alpha value is -2.74. The number of carbonyl (C=O) groups is 2. The summed E-state index contributed by atoms with van der Waals surface area (Å²) in [6, 6.07) is 13.9. The number of nitrogens with one attached hydrogen (secondary N) is 2. The monoisotopic (exact) mass is 475 g/mol. The molecule has 1 fully saturated rings. The number of benzene rings is 2. The molecule has 0 unspecified atom stereocenters. The maximum atomic E-state index is 13.3. The van der Waals surface area contributed by atoms with Gasteiger partial charge in [-0.3, -0.25) is 10.5 Å². The number of carbonyl (C=O) groups excluding carboxylic acids is 2. The lowest BCUT2D eigenvalue weighted by Gasteiger charge is -2.31. The van der Waals surface area contributed by atoms with Gasteiger partial charge in [0.15, 0.2) is 0 Å². The van der Waals surface area contributed by atoms with E-state index in [4.69, 9.17) is 5.73 Å². The van der Waals surface area contributed by atoms with Crippen LogP contribution >= 0.6 is 15.9 Å². The lowest BCUT2D eigenvalue weighted by molar-refractivity contribution is -0.354. The molecular weight excluding hydrogens is 451 g/mol. The summed E-state index contributed by atoms with van der Waals surface area (Å²) in [6.07, 6.45) is 1.09. The molecule has 0 spiro atoms. The Labute approximate surface area is 183 Å². The molecule has 3 rings (SSSR count). The van der Waals surface area contributed by atoms with Crippen molar-refractivity contribution in [3.8, 4) is 0 Å². The van der Waals surface area contributed by atoms with Crippen LogP contribution in [0, 0.1) is 11.7 Å². The predicted molar refractivity (Wildman–Crippen MR) is 117 cm³/mol. The highest BCUT2D eigenvalue weighted by Crippen LogP contribution is 2.20. The van der Waals surface area contributed by atoms with E-state index in [0.29, 0.717) is 31.6 Å². The van der Waals surface area contributed by atoms with Crippen molar-refractivity contribution < 1.29 is 19.0 Å². The molecule has 6 nitrogen and oxygen atoms in total. The number of halogens is 2. The molecule has 1 heterocycles. The second-order valence-electron chi connectivity index (χ2n) is 7.37. The number of rotatable bonds is 5. The van der Waals surface area contributed by atoms with Crippen LogP contribution in [0.25, 0.3) is 0 Å². The van der Waals surface area contributed by atoms with Gasteiger partial charge in [-0.2, -0.15) is 0 Å². The number of hydrogen-bond acceptors (Lipinski definition) is 2. The molecule has 1 atom stereocenters. The van der Waals surface area contributed by atoms with Crippen molar-refractivity contribution >= 4 is 39.3 Å². The van der Waals surface area contributed by atoms with E-state index in [2.05, 4.69) is 26.2 Å². The van der Waals surface area contributed by atoms with Crippen LogP contribution < -0.4 is 16.0 Å². The van der Waals surface area contributed by atoms with E-state index in [9.17, 15) is 14.0 Å². The van der Waals surface area contributed by atoms with Gasteiger partial charge < -0.3 is 10.2 Å². The van der Waals surface area contributed by atoms with Gasteiger partial charge in [0.1, 0.15) is 11.5 Å². The molecule has 2 aromatic carbocycles. The zero-order valence-electron chi connectivity index (χ0n) is 16.7. The van der Waals surface area contributed by atoms with E-state index in [0.717, 1.165) is 5.56 Å². The fraction of sp³-hybridized carbons (Fsp3) is 0.318. The van der Waals surface area contributed by atoms with Crippen LogP contribution in [0.1, 0.15) is 31.4 Å². The maximum Gasteiger partial charge on any atom is 0.317 e. The Morgan fingerprint density at radius 1 is 1.20 bits per heavy atom. The molecule has 0 aliphatic carbocycles. The van der Waals surface area contributed by atoms with E-state index in [1.165, 1.54) is 18.2 Å². The average Bonchev–Trinajstić information content (AvgIpc) is 2.76. The molecular formula is C22H25BrFN4O2+. The van der Waals surface area contributed by atoms with Gasteiger partial charge in [-0.05, 0) is 53.4 Å². The molecule has 0 radical (unpaired) electrons. The number of amides is 2. The number of nitrogens with zero attached hydrogens (tertiary/aromatic N) is 1. The van der Waals surface area contributed by atoms with Crippen LogP contribution in [0.3, 0.4) is 0 Å². The van der Waals surface area contributed by atoms with Crippen LogP contribution in [-0.2, 0) is 4.79 Å². The van der Waals surface area contributed by atoms with Crippen molar-refractivity contribution in [2.75, 3.05) is 13.1 Å². The zero-order chi connectivity index (χ0) is 21.7. The minimum Gasteiger partial charge on any atom is -0.331 e. The fourth-order valence-corrected chi connectivity index (χ4v) is 3.84. The van der Waals surface area contributed by atoms with Crippen LogP contribution in [-0.4, -0.2) is 35.6 Å². The Balaban J connectivity index is 1.54. The summed E-state index contributed by atoms with van der Waals surface area (Å²) in [7, 11) is 0. The van der Waals surface area contributed by atoms with E-state index in [1.807, 2.05) is 37.3 Å². The molecule has 0 saturated carbocycles. The first-order valence-corrected chi connectivity index (χ1v) is 10.6. The number of nitrogens with two attached hydrogens (primary N) is 1. The van der Waals surface area contributed by atoms with Crippen molar-refractivity contribution in [2.24, 2.45) is 11.7 Å². The highest BCUT2D eigenvalue weighted by atomic mass is 79.9. The fourth-order valence-electron chi connectivity index (χ4n) is 3.46. The van der Waals surface area contributed by atoms with Gasteiger partial charge in [0.2, 0.25) is 5.78 Å². The van der Waals surface area contributed by atoms with Gasteiger partial charge in [-0.15, -0.1) is 0 Å². The second-order valence-corrected chi connectivity index (χ2v) is 8.23. The Morgan fingerprint density at radius 3 is 2.50 bits per heavy atom. The highest BCUT2D eigenvalue weighted by molar-refractivity contribution is 9.10. The molecule has 30 heavy (non-hydrogen) atoms. The van der Waals surface area contributed by atoms with E-state index < -0.39 is 5.82 Å². The molecule has 2 amide bonds. The molecule has 2 aromatic rings.